The predicted octanol–water partition coefficient (Wildman–Crippen LogP) is 2.02. The zero-order valence-corrected chi connectivity index (χ0v) is 10.9. The van der Waals surface area contributed by atoms with E-state index in [1.807, 2.05) is 4.57 Å². The Kier molecular flexibility index (Phi) is 3.61. The van der Waals surface area contributed by atoms with Crippen LogP contribution in [-0.4, -0.2) is 40.0 Å². The summed E-state index contributed by atoms with van der Waals surface area (Å²) in [6, 6.07) is 2.00. The molecule has 0 saturated heterocycles. The molecule has 1 amide bonds. The van der Waals surface area contributed by atoms with Crippen molar-refractivity contribution in [1.82, 2.24) is 9.47 Å². The average Bonchev–Trinajstić information content (AvgIpc) is 3.08. The molecular weight excluding hydrogens is 256 g/mol. The first-order chi connectivity index (χ1) is 8.49. The summed E-state index contributed by atoms with van der Waals surface area (Å²) in [4.78, 5) is 24.1. The van der Waals surface area contributed by atoms with Gasteiger partial charge in [-0.25, -0.2) is 0 Å². The second-order valence-corrected chi connectivity index (χ2v) is 4.99. The second-order valence-electron chi connectivity index (χ2n) is 4.55. The molecule has 0 bridgehead atoms. The number of aliphatic carboxylic acids is 1. The number of carboxylic acid groups (broad SMARTS) is 1. The van der Waals surface area contributed by atoms with Gasteiger partial charge in [-0.05, 0) is 18.9 Å². The molecule has 18 heavy (non-hydrogen) atoms. The summed E-state index contributed by atoms with van der Waals surface area (Å²) >= 11 is 5.93. The lowest BCUT2D eigenvalue weighted by atomic mass is 10.3. The number of carbonyl (C=O) groups is 2. The third-order valence-electron chi connectivity index (χ3n) is 2.98. The fourth-order valence-corrected chi connectivity index (χ4v) is 2.04. The van der Waals surface area contributed by atoms with Gasteiger partial charge in [0.1, 0.15) is 5.69 Å². The summed E-state index contributed by atoms with van der Waals surface area (Å²) in [5.41, 5.74) is 0.537. The first-order valence-corrected chi connectivity index (χ1v) is 6.21. The van der Waals surface area contributed by atoms with Crippen molar-refractivity contribution in [2.75, 3.05) is 13.6 Å². The van der Waals surface area contributed by atoms with E-state index in [0.717, 1.165) is 12.8 Å². The molecule has 1 aliphatic rings. The number of carbonyl (C=O) groups excluding carboxylic acids is 1. The molecule has 1 aromatic heterocycles. The molecule has 0 aromatic carbocycles. The van der Waals surface area contributed by atoms with Gasteiger partial charge in [0, 0.05) is 25.8 Å². The smallest absolute Gasteiger partial charge is 0.305 e. The van der Waals surface area contributed by atoms with Crippen LogP contribution in [0.25, 0.3) is 0 Å². The SMILES string of the molecule is CN(CCC(=O)O)C(=O)c1cc(Cl)cn1C1CC1. The van der Waals surface area contributed by atoms with Gasteiger partial charge in [-0.15, -0.1) is 0 Å². The molecule has 5 nitrogen and oxygen atoms in total. The van der Waals surface area contributed by atoms with E-state index in [1.54, 1.807) is 19.3 Å². The maximum Gasteiger partial charge on any atom is 0.305 e. The molecule has 1 N–H and O–H groups in total. The van der Waals surface area contributed by atoms with E-state index in [9.17, 15) is 9.59 Å². The largest absolute Gasteiger partial charge is 0.481 e. The van der Waals surface area contributed by atoms with Gasteiger partial charge in [-0.1, -0.05) is 11.6 Å². The Hall–Kier alpha value is -1.49. The van der Waals surface area contributed by atoms with Crippen molar-refractivity contribution in [3.05, 3.63) is 23.0 Å². The minimum atomic E-state index is -0.912. The highest BCUT2D eigenvalue weighted by Crippen LogP contribution is 2.37. The highest BCUT2D eigenvalue weighted by Gasteiger charge is 2.28. The topological polar surface area (TPSA) is 62.5 Å². The van der Waals surface area contributed by atoms with Gasteiger partial charge in [0.15, 0.2) is 0 Å². The Balaban J connectivity index is 2.10. The minimum absolute atomic E-state index is 0.0554. The Labute approximate surface area is 110 Å². The van der Waals surface area contributed by atoms with Crippen molar-refractivity contribution in [3.8, 4) is 0 Å². The number of nitrogens with zero attached hydrogens (tertiary/aromatic N) is 2. The van der Waals surface area contributed by atoms with E-state index in [0.29, 0.717) is 16.8 Å². The van der Waals surface area contributed by atoms with E-state index in [1.165, 1.54) is 4.90 Å². The summed E-state index contributed by atoms with van der Waals surface area (Å²) in [5, 5.41) is 9.15. The van der Waals surface area contributed by atoms with Crippen molar-refractivity contribution >= 4 is 23.5 Å². The van der Waals surface area contributed by atoms with Crippen molar-refractivity contribution in [2.45, 2.75) is 25.3 Å². The fraction of sp³-hybridized carbons (Fsp3) is 0.500. The highest BCUT2D eigenvalue weighted by molar-refractivity contribution is 6.31. The fourth-order valence-electron chi connectivity index (χ4n) is 1.83. The number of halogens is 1. The molecule has 6 heteroatoms. The number of aromatic nitrogens is 1. The van der Waals surface area contributed by atoms with Gasteiger partial charge >= 0.3 is 5.97 Å². The lowest BCUT2D eigenvalue weighted by molar-refractivity contribution is -0.137. The van der Waals surface area contributed by atoms with Crippen LogP contribution < -0.4 is 0 Å². The van der Waals surface area contributed by atoms with Crippen molar-refractivity contribution in [3.63, 3.8) is 0 Å². The minimum Gasteiger partial charge on any atom is -0.481 e. The number of hydrogen-bond acceptors (Lipinski definition) is 2. The van der Waals surface area contributed by atoms with Crippen LogP contribution in [0.1, 0.15) is 35.8 Å². The van der Waals surface area contributed by atoms with Crippen molar-refractivity contribution in [2.24, 2.45) is 0 Å². The molecule has 2 rings (SSSR count). The third-order valence-corrected chi connectivity index (χ3v) is 3.19. The van der Waals surface area contributed by atoms with Crippen LogP contribution in [0.3, 0.4) is 0 Å². The predicted molar refractivity (Wildman–Crippen MR) is 66.9 cm³/mol. The van der Waals surface area contributed by atoms with Crippen LogP contribution in [0.5, 0.6) is 0 Å². The van der Waals surface area contributed by atoms with E-state index in [2.05, 4.69) is 0 Å². The maximum atomic E-state index is 12.2. The first-order valence-electron chi connectivity index (χ1n) is 5.83. The average molecular weight is 271 g/mol. The standard InChI is InChI=1S/C12H15ClN2O3/c1-14(5-4-11(16)17)12(18)10-6-8(13)7-15(10)9-2-3-9/h6-7,9H,2-5H2,1H3,(H,16,17). The van der Waals surface area contributed by atoms with Crippen LogP contribution >= 0.6 is 11.6 Å². The van der Waals surface area contributed by atoms with Gasteiger partial charge < -0.3 is 14.6 Å². The van der Waals surface area contributed by atoms with Crippen LogP contribution in [-0.2, 0) is 4.79 Å². The summed E-state index contributed by atoms with van der Waals surface area (Å²) in [6.07, 6.45) is 3.83. The highest BCUT2D eigenvalue weighted by atomic mass is 35.5. The van der Waals surface area contributed by atoms with Gasteiger partial charge in [-0.3, -0.25) is 9.59 Å². The van der Waals surface area contributed by atoms with Crippen LogP contribution in [0.15, 0.2) is 12.3 Å². The van der Waals surface area contributed by atoms with Gasteiger partial charge in [0.2, 0.25) is 0 Å². The molecule has 1 saturated carbocycles. The molecule has 98 valence electrons. The van der Waals surface area contributed by atoms with Crippen LogP contribution in [0.2, 0.25) is 5.02 Å². The monoisotopic (exact) mass is 270 g/mol. The number of rotatable bonds is 5. The lowest BCUT2D eigenvalue weighted by Crippen LogP contribution is -2.30. The Morgan fingerprint density at radius 3 is 2.78 bits per heavy atom. The van der Waals surface area contributed by atoms with Gasteiger partial charge in [0.25, 0.3) is 5.91 Å². The van der Waals surface area contributed by atoms with E-state index >= 15 is 0 Å². The Bertz CT molecular complexity index is 480. The van der Waals surface area contributed by atoms with Crippen molar-refractivity contribution < 1.29 is 14.7 Å². The summed E-state index contributed by atoms with van der Waals surface area (Å²) in [6.45, 7) is 0.196. The molecule has 0 atom stereocenters. The van der Waals surface area contributed by atoms with E-state index in [4.69, 9.17) is 16.7 Å². The second kappa shape index (κ2) is 5.02. The summed E-state index contributed by atoms with van der Waals surface area (Å²) in [5.74, 6) is -1.10. The quantitative estimate of drug-likeness (QED) is 0.890. The summed E-state index contributed by atoms with van der Waals surface area (Å²) < 4.78 is 1.89. The molecule has 0 spiro atoms. The van der Waals surface area contributed by atoms with Crippen LogP contribution in [0.4, 0.5) is 0 Å². The molecule has 0 unspecified atom stereocenters. The van der Waals surface area contributed by atoms with E-state index < -0.39 is 5.97 Å². The van der Waals surface area contributed by atoms with Gasteiger partial charge in [-0.2, -0.15) is 0 Å². The number of hydrogen-bond donors (Lipinski definition) is 1. The van der Waals surface area contributed by atoms with Crippen molar-refractivity contribution in [1.29, 1.82) is 0 Å². The van der Waals surface area contributed by atoms with Gasteiger partial charge in [0.05, 0.1) is 11.4 Å². The molecule has 1 aliphatic carbocycles. The molecule has 0 aliphatic heterocycles. The maximum absolute atomic E-state index is 12.2. The lowest BCUT2D eigenvalue weighted by Gasteiger charge is -2.17. The zero-order chi connectivity index (χ0) is 13.3. The zero-order valence-electron chi connectivity index (χ0n) is 10.1. The molecular formula is C12H15ClN2O3. The molecule has 1 fully saturated rings. The third kappa shape index (κ3) is 2.85. The van der Waals surface area contributed by atoms with E-state index in [-0.39, 0.29) is 18.9 Å². The summed E-state index contributed by atoms with van der Waals surface area (Å²) in [7, 11) is 1.60. The Morgan fingerprint density at radius 1 is 1.56 bits per heavy atom. The molecule has 0 radical (unpaired) electrons. The number of carboxylic acids is 1. The Morgan fingerprint density at radius 2 is 2.22 bits per heavy atom. The first kappa shape index (κ1) is 13.0. The molecule has 1 heterocycles. The number of amides is 1. The molecule has 1 aromatic rings. The normalized spacial score (nSPS) is 14.6. The van der Waals surface area contributed by atoms with Crippen LogP contribution in [0, 0.1) is 0 Å².